The van der Waals surface area contributed by atoms with Crippen molar-refractivity contribution >= 4 is 23.8 Å². The van der Waals surface area contributed by atoms with Crippen molar-refractivity contribution in [2.24, 2.45) is 0 Å². The van der Waals surface area contributed by atoms with Crippen molar-refractivity contribution in [1.29, 1.82) is 0 Å². The molecule has 7 heteroatoms. The summed E-state index contributed by atoms with van der Waals surface area (Å²) in [6.07, 6.45) is 1.55. The van der Waals surface area contributed by atoms with Gasteiger partial charge in [0.25, 0.3) is 5.22 Å². The number of hydrogen-bond donors (Lipinski definition) is 1. The molecule has 0 atom stereocenters. The second-order valence-corrected chi connectivity index (χ2v) is 7.11. The molecule has 0 spiro atoms. The van der Waals surface area contributed by atoms with Gasteiger partial charge in [0, 0.05) is 5.56 Å². The number of carbonyl (C=O) groups is 1. The van der Waals surface area contributed by atoms with Gasteiger partial charge in [-0.3, -0.25) is 0 Å². The van der Waals surface area contributed by atoms with Crippen LogP contribution < -0.4 is 0 Å². The van der Waals surface area contributed by atoms with Crippen molar-refractivity contribution in [2.45, 2.75) is 25.0 Å². The molecule has 0 aliphatic rings. The number of carboxylic acids is 1. The number of carboxylic acid groups (broad SMARTS) is 1. The molecule has 3 rings (SSSR count). The van der Waals surface area contributed by atoms with Crippen LogP contribution in [-0.2, 0) is 4.79 Å². The maximum Gasteiger partial charge on any atom is 0.342 e. The molecular weight excluding hydrogens is 367 g/mol. The Bertz CT molecular complexity index is 964. The maximum atomic E-state index is 13.0. The predicted molar refractivity (Wildman–Crippen MR) is 102 cm³/mol. The largest absolute Gasteiger partial charge is 0.477 e. The first-order valence-electron chi connectivity index (χ1n) is 8.24. The topological polar surface area (TPSA) is 76.2 Å². The smallest absolute Gasteiger partial charge is 0.342 e. The lowest BCUT2D eigenvalue weighted by molar-refractivity contribution is -0.131. The van der Waals surface area contributed by atoms with Gasteiger partial charge in [0.2, 0.25) is 5.89 Å². The molecule has 2 aromatic carbocycles. The van der Waals surface area contributed by atoms with Gasteiger partial charge in [-0.25, -0.2) is 9.18 Å². The van der Waals surface area contributed by atoms with E-state index in [4.69, 9.17) is 4.42 Å². The van der Waals surface area contributed by atoms with Crippen LogP contribution in [0.4, 0.5) is 4.39 Å². The van der Waals surface area contributed by atoms with Gasteiger partial charge in [0.15, 0.2) is 0 Å². The van der Waals surface area contributed by atoms with Gasteiger partial charge in [0.1, 0.15) is 10.7 Å². The van der Waals surface area contributed by atoms with E-state index in [1.54, 1.807) is 6.08 Å². The number of halogens is 1. The summed E-state index contributed by atoms with van der Waals surface area (Å²) in [5, 5.41) is 17.3. The third-order valence-electron chi connectivity index (χ3n) is 3.81. The fourth-order valence-electron chi connectivity index (χ4n) is 2.32. The van der Waals surface area contributed by atoms with Gasteiger partial charge in [0.05, 0.1) is 0 Å². The highest BCUT2D eigenvalue weighted by Gasteiger charge is 2.16. The second kappa shape index (κ2) is 8.18. The van der Waals surface area contributed by atoms with E-state index in [2.05, 4.69) is 24.0 Å². The summed E-state index contributed by atoms with van der Waals surface area (Å²) in [6, 6.07) is 13.3. The van der Waals surface area contributed by atoms with E-state index in [1.165, 1.54) is 29.8 Å². The Kier molecular flexibility index (Phi) is 5.71. The first-order chi connectivity index (χ1) is 12.9. The molecule has 5 nitrogen and oxygen atoms in total. The number of thioether (sulfide) groups is 1. The fraction of sp³-hybridized carbons (Fsp3) is 0.150. The normalized spacial score (nSPS) is 11.8. The SMILES string of the molecule is CC(C)c1ccc(/C=C(/Sc2nnc(-c3ccc(F)cc3)o2)C(=O)O)cc1. The molecule has 0 bridgehead atoms. The Balaban J connectivity index is 1.80. The summed E-state index contributed by atoms with van der Waals surface area (Å²) in [6.45, 7) is 4.19. The Morgan fingerprint density at radius 2 is 1.78 bits per heavy atom. The third kappa shape index (κ3) is 4.83. The van der Waals surface area contributed by atoms with E-state index in [9.17, 15) is 14.3 Å². The Labute approximate surface area is 159 Å². The molecular formula is C20H17FN2O3S. The quantitative estimate of drug-likeness (QED) is 0.464. The number of benzene rings is 2. The molecule has 1 heterocycles. The molecule has 27 heavy (non-hydrogen) atoms. The summed E-state index contributed by atoms with van der Waals surface area (Å²) in [5.41, 5.74) is 2.50. The zero-order valence-electron chi connectivity index (χ0n) is 14.7. The molecule has 0 radical (unpaired) electrons. The van der Waals surface area contributed by atoms with Gasteiger partial charge in [-0.2, -0.15) is 0 Å². The number of aliphatic carboxylic acids is 1. The van der Waals surface area contributed by atoms with Gasteiger partial charge < -0.3 is 9.52 Å². The molecule has 0 fully saturated rings. The molecule has 0 saturated carbocycles. The van der Waals surface area contributed by atoms with E-state index < -0.39 is 5.97 Å². The van der Waals surface area contributed by atoms with Crippen LogP contribution in [0.15, 0.2) is 63.1 Å². The maximum absolute atomic E-state index is 13.0. The minimum atomic E-state index is -1.09. The summed E-state index contributed by atoms with van der Waals surface area (Å²) in [4.78, 5) is 11.6. The van der Waals surface area contributed by atoms with Crippen LogP contribution in [0, 0.1) is 5.82 Å². The van der Waals surface area contributed by atoms with Gasteiger partial charge >= 0.3 is 5.97 Å². The molecule has 0 aliphatic carbocycles. The average Bonchev–Trinajstić information content (AvgIpc) is 3.10. The van der Waals surface area contributed by atoms with E-state index in [0.717, 1.165) is 17.3 Å². The summed E-state index contributed by atoms with van der Waals surface area (Å²) >= 11 is 0.868. The second-order valence-electron chi connectivity index (χ2n) is 6.12. The molecule has 0 aliphatic heterocycles. The number of rotatable bonds is 6. The van der Waals surface area contributed by atoms with Crippen LogP contribution in [-0.4, -0.2) is 21.3 Å². The molecule has 0 saturated heterocycles. The van der Waals surface area contributed by atoms with Crippen molar-refractivity contribution in [2.75, 3.05) is 0 Å². The number of hydrogen-bond acceptors (Lipinski definition) is 5. The van der Waals surface area contributed by atoms with E-state index in [0.29, 0.717) is 11.5 Å². The number of aromatic nitrogens is 2. The summed E-state index contributed by atoms with van der Waals surface area (Å²) in [7, 11) is 0. The zero-order chi connectivity index (χ0) is 19.4. The van der Waals surface area contributed by atoms with Gasteiger partial charge in [-0.15, -0.1) is 10.2 Å². The highest BCUT2D eigenvalue weighted by molar-refractivity contribution is 8.03. The van der Waals surface area contributed by atoms with E-state index in [-0.39, 0.29) is 21.8 Å². The van der Waals surface area contributed by atoms with Crippen molar-refractivity contribution < 1.29 is 18.7 Å². The first kappa shape index (κ1) is 18.8. The molecule has 138 valence electrons. The zero-order valence-corrected chi connectivity index (χ0v) is 15.5. The highest BCUT2D eigenvalue weighted by atomic mass is 32.2. The van der Waals surface area contributed by atoms with E-state index >= 15 is 0 Å². The highest BCUT2D eigenvalue weighted by Crippen LogP contribution is 2.30. The van der Waals surface area contributed by atoms with Crippen molar-refractivity contribution in [3.05, 3.63) is 70.4 Å². The lowest BCUT2D eigenvalue weighted by Crippen LogP contribution is -1.97. The lowest BCUT2D eigenvalue weighted by Gasteiger charge is -2.05. The van der Waals surface area contributed by atoms with E-state index in [1.807, 2.05) is 24.3 Å². The minimum Gasteiger partial charge on any atom is -0.477 e. The standard InChI is InChI=1S/C20H17FN2O3S/c1-12(2)14-5-3-13(4-6-14)11-17(19(24)25)27-20-23-22-18(26-20)15-7-9-16(21)10-8-15/h3-12H,1-2H3,(H,24,25)/b17-11+. The molecule has 3 aromatic rings. The van der Waals surface area contributed by atoms with Crippen molar-refractivity contribution in [1.82, 2.24) is 10.2 Å². The number of nitrogens with zero attached hydrogens (tertiary/aromatic N) is 2. The van der Waals surface area contributed by atoms with Crippen LogP contribution in [0.1, 0.15) is 30.9 Å². The first-order valence-corrected chi connectivity index (χ1v) is 9.06. The van der Waals surface area contributed by atoms with Crippen LogP contribution in [0.5, 0.6) is 0 Å². The van der Waals surface area contributed by atoms with Gasteiger partial charge in [-0.1, -0.05) is 38.1 Å². The summed E-state index contributed by atoms with van der Waals surface area (Å²) in [5.74, 6) is -0.856. The van der Waals surface area contributed by atoms with Crippen molar-refractivity contribution in [3.8, 4) is 11.5 Å². The Hall–Kier alpha value is -2.93. The Morgan fingerprint density at radius 3 is 2.37 bits per heavy atom. The average molecular weight is 384 g/mol. The fourth-order valence-corrected chi connectivity index (χ4v) is 2.99. The molecule has 1 N–H and O–H groups in total. The van der Waals surface area contributed by atoms with Crippen LogP contribution >= 0.6 is 11.8 Å². The molecule has 1 aromatic heterocycles. The third-order valence-corrected chi connectivity index (χ3v) is 4.66. The molecule has 0 amide bonds. The molecule has 0 unspecified atom stereocenters. The monoisotopic (exact) mass is 384 g/mol. The minimum absolute atomic E-state index is 0.0570. The van der Waals surface area contributed by atoms with Crippen LogP contribution in [0.25, 0.3) is 17.5 Å². The lowest BCUT2D eigenvalue weighted by atomic mass is 10.0. The van der Waals surface area contributed by atoms with Crippen LogP contribution in [0.2, 0.25) is 0 Å². The predicted octanol–water partition coefficient (Wildman–Crippen LogP) is 5.22. The summed E-state index contributed by atoms with van der Waals surface area (Å²) < 4.78 is 18.5. The van der Waals surface area contributed by atoms with Crippen LogP contribution in [0.3, 0.4) is 0 Å². The van der Waals surface area contributed by atoms with Crippen molar-refractivity contribution in [3.63, 3.8) is 0 Å². The van der Waals surface area contributed by atoms with Gasteiger partial charge in [-0.05, 0) is 59.1 Å². The Morgan fingerprint density at radius 1 is 1.11 bits per heavy atom.